The lowest BCUT2D eigenvalue weighted by Gasteiger charge is -2.16. The minimum Gasteiger partial charge on any atom is -0.497 e. The van der Waals surface area contributed by atoms with Gasteiger partial charge in [0.25, 0.3) is 0 Å². The summed E-state index contributed by atoms with van der Waals surface area (Å²) >= 11 is 0. The molecule has 0 aliphatic heterocycles. The highest BCUT2D eigenvalue weighted by Gasteiger charge is 2.37. The number of carbonyl (C=O) groups is 3. The van der Waals surface area contributed by atoms with E-state index >= 15 is 0 Å². The van der Waals surface area contributed by atoms with Gasteiger partial charge in [-0.2, -0.15) is 0 Å². The molecule has 2 aromatic carbocycles. The second-order valence-electron chi connectivity index (χ2n) is 6.08. The maximum absolute atomic E-state index is 12.8. The van der Waals surface area contributed by atoms with Crippen LogP contribution in [0.15, 0.2) is 54.6 Å². The fraction of sp³-hybridized carbons (Fsp3) is 0.250. The van der Waals surface area contributed by atoms with Gasteiger partial charge < -0.3 is 14.8 Å². The van der Waals surface area contributed by atoms with Crippen molar-refractivity contribution in [2.24, 2.45) is 0 Å². The van der Waals surface area contributed by atoms with E-state index in [0.717, 1.165) is 7.11 Å². The lowest BCUT2D eigenvalue weighted by Crippen LogP contribution is -2.38. The maximum atomic E-state index is 12.8. The average Bonchev–Trinajstić information content (AvgIpc) is 2.71. The fourth-order valence-corrected chi connectivity index (χ4v) is 4.05. The Morgan fingerprint density at radius 1 is 0.966 bits per heavy atom. The Balaban J connectivity index is 2.20. The fourth-order valence-electron chi connectivity index (χ4n) is 2.56. The lowest BCUT2D eigenvalue weighted by molar-refractivity contribution is -0.140. The zero-order valence-electron chi connectivity index (χ0n) is 16.0. The first-order valence-electron chi connectivity index (χ1n) is 8.58. The van der Waals surface area contributed by atoms with Gasteiger partial charge in [0.2, 0.25) is 5.91 Å². The van der Waals surface area contributed by atoms with Crippen LogP contribution in [0.25, 0.3) is 0 Å². The topological polar surface area (TPSA) is 116 Å². The van der Waals surface area contributed by atoms with Crippen LogP contribution in [0.3, 0.4) is 0 Å². The predicted octanol–water partition coefficient (Wildman–Crippen LogP) is 1.86. The molecule has 1 atom stereocenters. The summed E-state index contributed by atoms with van der Waals surface area (Å²) in [5.74, 6) is -2.85. The number of hydrogen-bond donors (Lipinski definition) is 1. The first-order valence-corrected chi connectivity index (χ1v) is 10.3. The van der Waals surface area contributed by atoms with Crippen LogP contribution in [-0.4, -0.2) is 51.3 Å². The van der Waals surface area contributed by atoms with Gasteiger partial charge in [0.15, 0.2) is 15.6 Å². The van der Waals surface area contributed by atoms with Gasteiger partial charge in [-0.25, -0.2) is 8.42 Å². The van der Waals surface area contributed by atoms with Crippen LogP contribution < -0.4 is 10.1 Å². The molecule has 0 radical (unpaired) electrons. The van der Waals surface area contributed by atoms with Crippen molar-refractivity contribution in [3.05, 3.63) is 60.2 Å². The molecule has 0 bridgehead atoms. The summed E-state index contributed by atoms with van der Waals surface area (Å²) in [6.45, 7) is 0. The van der Waals surface area contributed by atoms with E-state index in [2.05, 4.69) is 10.1 Å². The number of amides is 1. The number of nitrogens with one attached hydrogen (secondary N) is 1. The van der Waals surface area contributed by atoms with Crippen molar-refractivity contribution in [1.29, 1.82) is 0 Å². The van der Waals surface area contributed by atoms with E-state index in [-0.39, 0.29) is 5.56 Å². The lowest BCUT2D eigenvalue weighted by atomic mass is 10.1. The predicted molar refractivity (Wildman–Crippen MR) is 107 cm³/mol. The molecule has 0 saturated carbocycles. The van der Waals surface area contributed by atoms with Crippen molar-refractivity contribution in [3.63, 3.8) is 0 Å². The molecule has 0 heterocycles. The number of sulfone groups is 1. The van der Waals surface area contributed by atoms with Gasteiger partial charge in [0, 0.05) is 11.3 Å². The van der Waals surface area contributed by atoms with Gasteiger partial charge in [-0.1, -0.05) is 30.3 Å². The Labute approximate surface area is 168 Å². The molecule has 1 N–H and O–H groups in total. The Morgan fingerprint density at radius 3 is 2.14 bits per heavy atom. The second-order valence-corrected chi connectivity index (χ2v) is 8.27. The van der Waals surface area contributed by atoms with Crippen LogP contribution in [0.2, 0.25) is 0 Å². The highest BCUT2D eigenvalue weighted by molar-refractivity contribution is 7.93. The normalized spacial score (nSPS) is 11.9. The van der Waals surface area contributed by atoms with Gasteiger partial charge in [-0.05, 0) is 24.3 Å². The standard InChI is InChI=1S/C20H21NO7S/c1-27-16-10-8-15(9-11-16)21-18(22)13-29(25,26)17(12-19(23)28-2)20(24)14-6-4-3-5-7-14/h3-11,17H,12-13H2,1-2H3,(H,21,22). The van der Waals surface area contributed by atoms with Crippen LogP contribution in [0.1, 0.15) is 16.8 Å². The third kappa shape index (κ3) is 6.15. The van der Waals surface area contributed by atoms with E-state index in [4.69, 9.17) is 4.74 Å². The zero-order chi connectivity index (χ0) is 21.4. The molecule has 2 aromatic rings. The molecule has 8 nitrogen and oxygen atoms in total. The van der Waals surface area contributed by atoms with Gasteiger partial charge >= 0.3 is 5.97 Å². The molecule has 29 heavy (non-hydrogen) atoms. The van der Waals surface area contributed by atoms with E-state index in [1.807, 2.05) is 0 Å². The summed E-state index contributed by atoms with van der Waals surface area (Å²) in [7, 11) is -1.71. The number of ketones is 1. The molecule has 0 saturated heterocycles. The van der Waals surface area contributed by atoms with Crippen molar-refractivity contribution < 1.29 is 32.3 Å². The zero-order valence-corrected chi connectivity index (χ0v) is 16.8. The van der Waals surface area contributed by atoms with E-state index in [0.29, 0.717) is 11.4 Å². The first kappa shape index (κ1) is 22.1. The molecule has 9 heteroatoms. The van der Waals surface area contributed by atoms with Crippen molar-refractivity contribution in [2.75, 3.05) is 25.3 Å². The Bertz CT molecular complexity index is 970. The molecule has 0 spiro atoms. The summed E-state index contributed by atoms with van der Waals surface area (Å²) in [6.07, 6.45) is -0.678. The van der Waals surface area contributed by atoms with Crippen molar-refractivity contribution in [1.82, 2.24) is 0 Å². The van der Waals surface area contributed by atoms with E-state index in [9.17, 15) is 22.8 Å². The van der Waals surface area contributed by atoms with Crippen LogP contribution in [0, 0.1) is 0 Å². The third-order valence-electron chi connectivity index (χ3n) is 4.07. The number of ether oxygens (including phenoxy) is 2. The van der Waals surface area contributed by atoms with E-state index in [1.165, 1.54) is 19.2 Å². The number of Topliss-reactive ketones (excluding diaryl/α,β-unsaturated/α-hetero) is 1. The third-order valence-corrected chi connectivity index (χ3v) is 5.98. The van der Waals surface area contributed by atoms with Crippen LogP contribution in [0.5, 0.6) is 5.75 Å². The van der Waals surface area contributed by atoms with Crippen molar-refractivity contribution >= 4 is 33.2 Å². The van der Waals surface area contributed by atoms with Crippen LogP contribution in [0.4, 0.5) is 5.69 Å². The summed E-state index contributed by atoms with van der Waals surface area (Å²) < 4.78 is 35.1. The monoisotopic (exact) mass is 419 g/mol. The van der Waals surface area contributed by atoms with Gasteiger partial charge in [0.1, 0.15) is 16.8 Å². The molecule has 0 aliphatic rings. The number of anilines is 1. The number of benzene rings is 2. The quantitative estimate of drug-likeness (QED) is 0.487. The van der Waals surface area contributed by atoms with Gasteiger partial charge in [-0.15, -0.1) is 0 Å². The Kier molecular flexibility index (Phi) is 7.49. The molecular weight excluding hydrogens is 398 g/mol. The smallest absolute Gasteiger partial charge is 0.307 e. The number of esters is 1. The molecule has 154 valence electrons. The molecule has 1 unspecified atom stereocenters. The number of rotatable bonds is 9. The summed E-state index contributed by atoms with van der Waals surface area (Å²) in [4.78, 5) is 36.7. The number of carbonyl (C=O) groups excluding carboxylic acids is 3. The molecule has 0 fully saturated rings. The molecule has 0 aliphatic carbocycles. The van der Waals surface area contributed by atoms with Crippen LogP contribution >= 0.6 is 0 Å². The van der Waals surface area contributed by atoms with Gasteiger partial charge in [-0.3, -0.25) is 14.4 Å². The molecule has 1 amide bonds. The van der Waals surface area contributed by atoms with E-state index in [1.54, 1.807) is 42.5 Å². The van der Waals surface area contributed by atoms with Crippen molar-refractivity contribution in [2.45, 2.75) is 11.7 Å². The molecular formula is C20H21NO7S. The Morgan fingerprint density at radius 2 is 1.59 bits per heavy atom. The first-order chi connectivity index (χ1) is 13.8. The SMILES string of the molecule is COC(=O)CC(C(=O)c1ccccc1)S(=O)(=O)CC(=O)Nc1ccc(OC)cc1. The Hall–Kier alpha value is -3.20. The maximum Gasteiger partial charge on any atom is 0.307 e. The minimum absolute atomic E-state index is 0.126. The van der Waals surface area contributed by atoms with E-state index < -0.39 is 44.9 Å². The largest absolute Gasteiger partial charge is 0.497 e. The average molecular weight is 419 g/mol. The molecule has 2 rings (SSSR count). The summed E-state index contributed by atoms with van der Waals surface area (Å²) in [5, 5.41) is 0.726. The highest BCUT2D eigenvalue weighted by atomic mass is 32.2. The summed E-state index contributed by atoms with van der Waals surface area (Å²) in [5.41, 5.74) is 0.491. The number of methoxy groups -OCH3 is 2. The second kappa shape index (κ2) is 9.83. The van der Waals surface area contributed by atoms with Crippen LogP contribution in [-0.2, 0) is 24.2 Å². The summed E-state index contributed by atoms with van der Waals surface area (Å²) in [6, 6.07) is 14.0. The highest BCUT2D eigenvalue weighted by Crippen LogP contribution is 2.18. The molecule has 0 aromatic heterocycles. The van der Waals surface area contributed by atoms with Crippen molar-refractivity contribution in [3.8, 4) is 5.75 Å². The number of hydrogen-bond acceptors (Lipinski definition) is 7. The minimum atomic E-state index is -4.29. The van der Waals surface area contributed by atoms with Gasteiger partial charge in [0.05, 0.1) is 20.6 Å².